The zero-order chi connectivity index (χ0) is 14.8. The molecule has 1 aromatic carbocycles. The summed E-state index contributed by atoms with van der Waals surface area (Å²) < 4.78 is 2.05. The SMILES string of the molecule is CCNC(Cc1cn2ccsc2n1)c1cc(Cl)cc(Cl)c1. The molecule has 0 bridgehead atoms. The zero-order valence-corrected chi connectivity index (χ0v) is 13.8. The Morgan fingerprint density at radius 2 is 2.05 bits per heavy atom. The summed E-state index contributed by atoms with van der Waals surface area (Å²) in [5, 5.41) is 6.82. The van der Waals surface area contributed by atoms with Gasteiger partial charge in [0.05, 0.1) is 5.69 Å². The van der Waals surface area contributed by atoms with Crippen LogP contribution in [0.15, 0.2) is 36.0 Å². The lowest BCUT2D eigenvalue weighted by Gasteiger charge is -2.18. The highest BCUT2D eigenvalue weighted by Crippen LogP contribution is 2.26. The molecule has 3 nitrogen and oxygen atoms in total. The molecule has 0 spiro atoms. The van der Waals surface area contributed by atoms with E-state index in [1.54, 1.807) is 17.4 Å². The van der Waals surface area contributed by atoms with Crippen molar-refractivity contribution in [1.29, 1.82) is 0 Å². The van der Waals surface area contributed by atoms with Gasteiger partial charge >= 0.3 is 0 Å². The predicted molar refractivity (Wildman–Crippen MR) is 89.7 cm³/mol. The van der Waals surface area contributed by atoms with Crippen molar-refractivity contribution in [3.05, 3.63) is 57.3 Å². The Hall–Kier alpha value is -1.07. The molecular weight excluding hydrogens is 325 g/mol. The van der Waals surface area contributed by atoms with Crippen LogP contribution in [0, 0.1) is 0 Å². The third-order valence-corrected chi connectivity index (χ3v) is 4.50. The van der Waals surface area contributed by atoms with Crippen molar-refractivity contribution < 1.29 is 0 Å². The molecule has 2 heterocycles. The van der Waals surface area contributed by atoms with E-state index in [-0.39, 0.29) is 6.04 Å². The summed E-state index contributed by atoms with van der Waals surface area (Å²) in [4.78, 5) is 5.66. The van der Waals surface area contributed by atoms with Crippen LogP contribution >= 0.6 is 34.5 Å². The average molecular weight is 340 g/mol. The number of nitrogens with one attached hydrogen (secondary N) is 1. The van der Waals surface area contributed by atoms with Crippen molar-refractivity contribution >= 4 is 39.5 Å². The van der Waals surface area contributed by atoms with Crippen molar-refractivity contribution in [2.75, 3.05) is 6.54 Å². The second kappa shape index (κ2) is 6.36. The number of halogens is 2. The lowest BCUT2D eigenvalue weighted by molar-refractivity contribution is 0.545. The van der Waals surface area contributed by atoms with Gasteiger partial charge in [0.2, 0.25) is 0 Å². The molecule has 0 saturated carbocycles. The molecule has 2 aromatic heterocycles. The van der Waals surface area contributed by atoms with Crippen molar-refractivity contribution in [2.45, 2.75) is 19.4 Å². The van der Waals surface area contributed by atoms with Gasteiger partial charge in [0.25, 0.3) is 0 Å². The first-order chi connectivity index (χ1) is 10.2. The molecule has 0 amide bonds. The summed E-state index contributed by atoms with van der Waals surface area (Å²) in [6.07, 6.45) is 4.90. The number of hydrogen-bond acceptors (Lipinski definition) is 3. The molecule has 21 heavy (non-hydrogen) atoms. The topological polar surface area (TPSA) is 29.3 Å². The van der Waals surface area contributed by atoms with E-state index >= 15 is 0 Å². The first-order valence-electron chi connectivity index (χ1n) is 6.76. The second-order valence-corrected chi connectivity index (χ2v) is 6.59. The van der Waals surface area contributed by atoms with Gasteiger partial charge in [0.1, 0.15) is 0 Å². The summed E-state index contributed by atoms with van der Waals surface area (Å²) in [6, 6.07) is 5.82. The van der Waals surface area contributed by atoms with Crippen LogP contribution in [0.25, 0.3) is 4.96 Å². The Labute approximate surface area is 137 Å². The number of hydrogen-bond donors (Lipinski definition) is 1. The number of nitrogens with zero attached hydrogens (tertiary/aromatic N) is 2. The molecule has 0 aliphatic heterocycles. The molecule has 0 radical (unpaired) electrons. The van der Waals surface area contributed by atoms with E-state index in [0.29, 0.717) is 10.0 Å². The summed E-state index contributed by atoms with van der Waals surface area (Å²) in [7, 11) is 0. The molecule has 3 rings (SSSR count). The summed E-state index contributed by atoms with van der Waals surface area (Å²) in [6.45, 7) is 2.96. The van der Waals surface area contributed by atoms with E-state index in [1.165, 1.54) is 0 Å². The molecule has 6 heteroatoms. The van der Waals surface area contributed by atoms with E-state index in [9.17, 15) is 0 Å². The number of benzene rings is 1. The number of aromatic nitrogens is 2. The van der Waals surface area contributed by atoms with Gasteiger partial charge in [0, 0.05) is 40.3 Å². The standard InChI is InChI=1S/C15H15Cl2N3S/c1-2-18-14(10-5-11(16)7-12(17)6-10)8-13-9-20-3-4-21-15(20)19-13/h3-7,9,14,18H,2,8H2,1H3. The highest BCUT2D eigenvalue weighted by atomic mass is 35.5. The number of fused-ring (bicyclic) bond motifs is 1. The minimum Gasteiger partial charge on any atom is -0.310 e. The smallest absolute Gasteiger partial charge is 0.193 e. The Bertz CT molecular complexity index is 702. The highest BCUT2D eigenvalue weighted by Gasteiger charge is 2.15. The van der Waals surface area contributed by atoms with Crippen LogP contribution in [0.4, 0.5) is 0 Å². The lowest BCUT2D eigenvalue weighted by Crippen LogP contribution is -2.23. The Balaban J connectivity index is 1.88. The Kier molecular flexibility index (Phi) is 4.50. The number of likely N-dealkylation sites (N-methyl/N-ethyl adjacent to an activating group) is 1. The van der Waals surface area contributed by atoms with Gasteiger partial charge in [-0.1, -0.05) is 30.1 Å². The first kappa shape index (κ1) is 14.9. The second-order valence-electron chi connectivity index (χ2n) is 4.84. The van der Waals surface area contributed by atoms with Gasteiger partial charge in [-0.25, -0.2) is 4.98 Å². The van der Waals surface area contributed by atoms with Gasteiger partial charge in [-0.15, -0.1) is 11.3 Å². The van der Waals surface area contributed by atoms with Gasteiger partial charge in [-0.3, -0.25) is 4.40 Å². The fourth-order valence-corrected chi connectivity index (χ4v) is 3.68. The molecule has 0 aliphatic carbocycles. The van der Waals surface area contributed by atoms with Gasteiger partial charge < -0.3 is 5.32 Å². The quantitative estimate of drug-likeness (QED) is 0.736. The lowest BCUT2D eigenvalue weighted by atomic mass is 10.0. The van der Waals surface area contributed by atoms with E-state index in [1.807, 2.05) is 28.1 Å². The number of rotatable bonds is 5. The number of thiazole rings is 1. The van der Waals surface area contributed by atoms with Crippen molar-refractivity contribution in [3.63, 3.8) is 0 Å². The van der Waals surface area contributed by atoms with Crippen LogP contribution in [0.1, 0.15) is 24.2 Å². The largest absolute Gasteiger partial charge is 0.310 e. The predicted octanol–water partition coefficient (Wildman–Crippen LogP) is 4.60. The van der Waals surface area contributed by atoms with Gasteiger partial charge in [-0.05, 0) is 30.3 Å². The monoisotopic (exact) mass is 339 g/mol. The molecule has 1 unspecified atom stereocenters. The maximum Gasteiger partial charge on any atom is 0.193 e. The minimum absolute atomic E-state index is 0.149. The molecular formula is C15H15Cl2N3S. The maximum atomic E-state index is 6.11. The van der Waals surface area contributed by atoms with Crippen molar-refractivity contribution in [3.8, 4) is 0 Å². The first-order valence-corrected chi connectivity index (χ1v) is 8.39. The van der Waals surface area contributed by atoms with Gasteiger partial charge in [-0.2, -0.15) is 0 Å². The van der Waals surface area contributed by atoms with Crippen LogP contribution < -0.4 is 5.32 Å². The zero-order valence-electron chi connectivity index (χ0n) is 11.5. The third-order valence-electron chi connectivity index (χ3n) is 3.29. The van der Waals surface area contributed by atoms with Crippen LogP contribution in [0.3, 0.4) is 0 Å². The normalized spacial score (nSPS) is 12.9. The molecule has 110 valence electrons. The molecule has 0 saturated heterocycles. The minimum atomic E-state index is 0.149. The van der Waals surface area contributed by atoms with E-state index in [4.69, 9.17) is 23.2 Å². The maximum absolute atomic E-state index is 6.11. The fraction of sp³-hybridized carbons (Fsp3) is 0.267. The molecule has 0 aliphatic rings. The van der Waals surface area contributed by atoms with Crippen molar-refractivity contribution in [2.24, 2.45) is 0 Å². The van der Waals surface area contributed by atoms with Crippen LogP contribution in [-0.2, 0) is 6.42 Å². The molecule has 0 fully saturated rings. The van der Waals surface area contributed by atoms with Gasteiger partial charge in [0.15, 0.2) is 4.96 Å². The summed E-state index contributed by atoms with van der Waals surface area (Å²) in [5.41, 5.74) is 2.15. The molecule has 1 N–H and O–H groups in total. The highest BCUT2D eigenvalue weighted by molar-refractivity contribution is 7.15. The van der Waals surface area contributed by atoms with E-state index in [0.717, 1.165) is 29.2 Å². The molecule has 3 aromatic rings. The fourth-order valence-electron chi connectivity index (χ4n) is 2.41. The van der Waals surface area contributed by atoms with Crippen LogP contribution in [0.5, 0.6) is 0 Å². The molecule has 1 atom stereocenters. The number of imidazole rings is 1. The van der Waals surface area contributed by atoms with Crippen molar-refractivity contribution in [1.82, 2.24) is 14.7 Å². The van der Waals surface area contributed by atoms with Crippen LogP contribution in [0.2, 0.25) is 10.0 Å². The Morgan fingerprint density at radius 3 is 2.71 bits per heavy atom. The average Bonchev–Trinajstić information content (AvgIpc) is 2.97. The Morgan fingerprint density at radius 1 is 1.29 bits per heavy atom. The van der Waals surface area contributed by atoms with E-state index in [2.05, 4.69) is 23.4 Å². The summed E-state index contributed by atoms with van der Waals surface area (Å²) >= 11 is 13.9. The summed E-state index contributed by atoms with van der Waals surface area (Å²) in [5.74, 6) is 0. The van der Waals surface area contributed by atoms with E-state index < -0.39 is 0 Å². The third kappa shape index (κ3) is 3.40. The van der Waals surface area contributed by atoms with Crippen LogP contribution in [-0.4, -0.2) is 15.9 Å².